The maximum atomic E-state index is 12.2. The topological polar surface area (TPSA) is 55.8 Å². The van der Waals surface area contributed by atoms with Crippen LogP contribution in [0.2, 0.25) is 0 Å². The molecule has 306 valence electrons. The zero-order valence-electron chi connectivity index (χ0n) is 34.9. The summed E-state index contributed by atoms with van der Waals surface area (Å²) in [6.45, 7) is 4.91. The SMILES string of the molecule is CC/C=C\C/C=C\C/C=C\C/C=C\C/C=C\C/C=C\CCCCCCC(=O)OC(CO)COCCC/C=C\C/C=C\C/C=C\C/C=C\C/C=C\C/C=C\CC. The van der Waals surface area contributed by atoms with Gasteiger partial charge in [0.1, 0.15) is 6.10 Å². The Morgan fingerprint density at radius 2 is 0.764 bits per heavy atom. The molecule has 0 spiro atoms. The van der Waals surface area contributed by atoms with Crippen LogP contribution in [0, 0.1) is 0 Å². The van der Waals surface area contributed by atoms with Crippen molar-refractivity contribution in [3.05, 3.63) is 146 Å². The maximum absolute atomic E-state index is 12.2. The van der Waals surface area contributed by atoms with E-state index in [2.05, 4.69) is 160 Å². The summed E-state index contributed by atoms with van der Waals surface area (Å²) in [4.78, 5) is 12.2. The van der Waals surface area contributed by atoms with Crippen molar-refractivity contribution < 1.29 is 19.4 Å². The van der Waals surface area contributed by atoms with Gasteiger partial charge in [-0.25, -0.2) is 0 Å². The molecule has 0 bridgehead atoms. The first-order chi connectivity index (χ1) is 27.2. The van der Waals surface area contributed by atoms with E-state index >= 15 is 0 Å². The van der Waals surface area contributed by atoms with Crippen LogP contribution in [0.4, 0.5) is 0 Å². The molecule has 4 nitrogen and oxygen atoms in total. The molecular formula is C51H78O4. The minimum Gasteiger partial charge on any atom is -0.457 e. The molecule has 0 aromatic carbocycles. The molecular weight excluding hydrogens is 677 g/mol. The van der Waals surface area contributed by atoms with Crippen LogP contribution < -0.4 is 0 Å². The average Bonchev–Trinajstić information content (AvgIpc) is 3.19. The number of rotatable bonds is 37. The van der Waals surface area contributed by atoms with Crippen molar-refractivity contribution in [2.75, 3.05) is 19.8 Å². The van der Waals surface area contributed by atoms with E-state index in [0.29, 0.717) is 13.0 Å². The molecule has 0 aliphatic rings. The summed E-state index contributed by atoms with van der Waals surface area (Å²) in [5, 5.41) is 9.60. The number of hydrogen-bond donors (Lipinski definition) is 1. The quantitative estimate of drug-likeness (QED) is 0.0390. The Bertz CT molecular complexity index is 1200. The van der Waals surface area contributed by atoms with E-state index in [9.17, 15) is 9.90 Å². The smallest absolute Gasteiger partial charge is 0.306 e. The van der Waals surface area contributed by atoms with Crippen LogP contribution in [-0.2, 0) is 14.3 Å². The summed E-state index contributed by atoms with van der Waals surface area (Å²) in [7, 11) is 0. The second kappa shape index (κ2) is 46.4. The van der Waals surface area contributed by atoms with Gasteiger partial charge in [0.05, 0.1) is 13.2 Å². The average molecular weight is 755 g/mol. The standard InChI is InChI=1S/C51H78O4/c1-3-5-7-9-11-13-15-17-19-21-23-25-26-27-28-30-32-34-36-38-40-42-44-46-51(53)55-50(48-52)49-54-47-45-43-41-39-37-35-33-31-29-24-22-20-18-16-14-12-10-8-6-4-2/h5-8,11-14,17-20,23-25,27-29,32-35,39,41,50,52H,3-4,9-10,15-16,21-22,26,30-31,36-38,40,42-49H2,1-2H3/b7-5-,8-6-,13-11-,14-12-,19-17-,20-18-,25-23-,28-27-,29-24-,34-32-,35-33-,41-39-. The van der Waals surface area contributed by atoms with Crippen molar-refractivity contribution in [3.63, 3.8) is 0 Å². The second-order valence-electron chi connectivity index (χ2n) is 13.3. The molecule has 1 N–H and O–H groups in total. The van der Waals surface area contributed by atoms with Gasteiger partial charge in [0.15, 0.2) is 0 Å². The third-order valence-electron chi connectivity index (χ3n) is 8.16. The van der Waals surface area contributed by atoms with Crippen LogP contribution in [0.5, 0.6) is 0 Å². The maximum Gasteiger partial charge on any atom is 0.306 e. The Morgan fingerprint density at radius 1 is 0.436 bits per heavy atom. The lowest BCUT2D eigenvalue weighted by Gasteiger charge is -2.15. The largest absolute Gasteiger partial charge is 0.457 e. The number of esters is 1. The Labute approximate surface area is 338 Å². The summed E-state index contributed by atoms with van der Waals surface area (Å²) in [5.41, 5.74) is 0. The number of hydrogen-bond acceptors (Lipinski definition) is 4. The number of allylic oxidation sites excluding steroid dienone is 24. The summed E-state index contributed by atoms with van der Waals surface area (Å²) < 4.78 is 11.1. The van der Waals surface area contributed by atoms with Gasteiger partial charge in [0.2, 0.25) is 0 Å². The fraction of sp³-hybridized carbons (Fsp3) is 0.510. The molecule has 0 saturated carbocycles. The van der Waals surface area contributed by atoms with Gasteiger partial charge in [-0.05, 0) is 109 Å². The van der Waals surface area contributed by atoms with Gasteiger partial charge < -0.3 is 14.6 Å². The van der Waals surface area contributed by atoms with E-state index in [4.69, 9.17) is 9.47 Å². The number of aliphatic hydroxyl groups excluding tert-OH is 1. The second-order valence-corrected chi connectivity index (χ2v) is 13.3. The highest BCUT2D eigenvalue weighted by Crippen LogP contribution is 2.09. The minimum absolute atomic E-state index is 0.217. The summed E-state index contributed by atoms with van der Waals surface area (Å²) in [6, 6.07) is 0. The lowest BCUT2D eigenvalue weighted by Crippen LogP contribution is -2.27. The molecule has 0 saturated heterocycles. The van der Waals surface area contributed by atoms with Gasteiger partial charge in [-0.1, -0.05) is 173 Å². The third-order valence-corrected chi connectivity index (χ3v) is 8.16. The van der Waals surface area contributed by atoms with Crippen LogP contribution in [0.25, 0.3) is 0 Å². The molecule has 55 heavy (non-hydrogen) atoms. The zero-order valence-corrected chi connectivity index (χ0v) is 34.9. The summed E-state index contributed by atoms with van der Waals surface area (Å²) in [6.07, 6.45) is 72.0. The van der Waals surface area contributed by atoms with Crippen molar-refractivity contribution in [3.8, 4) is 0 Å². The molecule has 0 aromatic heterocycles. The number of aliphatic hydroxyl groups is 1. The lowest BCUT2D eigenvalue weighted by molar-refractivity contribution is -0.154. The van der Waals surface area contributed by atoms with Crippen LogP contribution in [0.15, 0.2) is 146 Å². The molecule has 4 heteroatoms. The Hall–Kier alpha value is -3.73. The molecule has 0 radical (unpaired) electrons. The first-order valence-electron chi connectivity index (χ1n) is 21.4. The Morgan fingerprint density at radius 3 is 1.13 bits per heavy atom. The van der Waals surface area contributed by atoms with E-state index in [1.165, 1.54) is 0 Å². The first-order valence-corrected chi connectivity index (χ1v) is 21.4. The van der Waals surface area contributed by atoms with Crippen LogP contribution >= 0.6 is 0 Å². The lowest BCUT2D eigenvalue weighted by atomic mass is 10.1. The normalized spacial score (nSPS) is 13.9. The monoisotopic (exact) mass is 755 g/mol. The molecule has 0 fully saturated rings. The fourth-order valence-corrected chi connectivity index (χ4v) is 5.05. The van der Waals surface area contributed by atoms with Crippen LogP contribution in [-0.4, -0.2) is 37.0 Å². The van der Waals surface area contributed by atoms with E-state index in [1.807, 2.05) is 0 Å². The Balaban J connectivity index is 3.68. The molecule has 0 aromatic rings. The van der Waals surface area contributed by atoms with Crippen molar-refractivity contribution in [1.82, 2.24) is 0 Å². The molecule has 0 heterocycles. The third kappa shape index (κ3) is 44.6. The van der Waals surface area contributed by atoms with Crippen molar-refractivity contribution >= 4 is 5.97 Å². The highest BCUT2D eigenvalue weighted by Gasteiger charge is 2.13. The van der Waals surface area contributed by atoms with Gasteiger partial charge in [0, 0.05) is 13.0 Å². The van der Waals surface area contributed by atoms with E-state index < -0.39 is 6.10 Å². The van der Waals surface area contributed by atoms with Crippen molar-refractivity contribution in [2.45, 2.75) is 148 Å². The Kier molecular flexibility index (Phi) is 43.3. The van der Waals surface area contributed by atoms with E-state index in [1.54, 1.807) is 0 Å². The number of ether oxygens (including phenoxy) is 2. The zero-order chi connectivity index (χ0) is 39.8. The van der Waals surface area contributed by atoms with Gasteiger partial charge in [0.25, 0.3) is 0 Å². The molecule has 1 unspecified atom stereocenters. The number of carbonyl (C=O) groups excluding carboxylic acids is 1. The molecule has 0 amide bonds. The predicted molar refractivity (Wildman–Crippen MR) is 241 cm³/mol. The fourth-order valence-electron chi connectivity index (χ4n) is 5.05. The number of unbranched alkanes of at least 4 members (excludes halogenated alkanes) is 5. The van der Waals surface area contributed by atoms with Crippen LogP contribution in [0.3, 0.4) is 0 Å². The van der Waals surface area contributed by atoms with Crippen LogP contribution in [0.1, 0.15) is 142 Å². The van der Waals surface area contributed by atoms with Gasteiger partial charge in [-0.2, -0.15) is 0 Å². The van der Waals surface area contributed by atoms with Crippen molar-refractivity contribution in [2.24, 2.45) is 0 Å². The van der Waals surface area contributed by atoms with Gasteiger partial charge in [-0.3, -0.25) is 4.79 Å². The predicted octanol–water partition coefficient (Wildman–Crippen LogP) is 14.4. The van der Waals surface area contributed by atoms with Gasteiger partial charge >= 0.3 is 5.97 Å². The molecule has 1 atom stereocenters. The summed E-state index contributed by atoms with van der Waals surface area (Å²) in [5.74, 6) is -0.252. The van der Waals surface area contributed by atoms with Crippen molar-refractivity contribution in [1.29, 1.82) is 0 Å². The molecule has 0 aliphatic carbocycles. The highest BCUT2D eigenvalue weighted by atomic mass is 16.6. The van der Waals surface area contributed by atoms with E-state index in [-0.39, 0.29) is 19.2 Å². The number of carbonyl (C=O) groups is 1. The first kappa shape index (κ1) is 51.3. The molecule has 0 rings (SSSR count). The minimum atomic E-state index is -0.591. The summed E-state index contributed by atoms with van der Waals surface area (Å²) >= 11 is 0. The molecule has 0 aliphatic heterocycles. The van der Waals surface area contributed by atoms with E-state index in [0.717, 1.165) is 122 Å². The highest BCUT2D eigenvalue weighted by molar-refractivity contribution is 5.69. The van der Waals surface area contributed by atoms with Gasteiger partial charge in [-0.15, -0.1) is 0 Å².